The van der Waals surface area contributed by atoms with Crippen LogP contribution in [-0.2, 0) is 6.54 Å². The molecule has 6 nitrogen and oxygen atoms in total. The van der Waals surface area contributed by atoms with E-state index in [-0.39, 0.29) is 5.91 Å². The Bertz CT molecular complexity index is 873. The number of hydrogen-bond donors (Lipinski definition) is 0. The Balaban J connectivity index is 1.68. The molecule has 26 heavy (non-hydrogen) atoms. The maximum absolute atomic E-state index is 12.7. The van der Waals surface area contributed by atoms with E-state index in [9.17, 15) is 4.79 Å². The molecule has 0 fully saturated rings. The van der Waals surface area contributed by atoms with Crippen molar-refractivity contribution in [1.29, 1.82) is 0 Å². The first kappa shape index (κ1) is 17.4. The first-order valence-electron chi connectivity index (χ1n) is 8.20. The van der Waals surface area contributed by atoms with Gasteiger partial charge in [0.25, 0.3) is 5.91 Å². The zero-order valence-electron chi connectivity index (χ0n) is 14.6. The van der Waals surface area contributed by atoms with Gasteiger partial charge in [-0.25, -0.2) is 9.97 Å². The van der Waals surface area contributed by atoms with Crippen molar-refractivity contribution in [3.8, 4) is 11.6 Å². The molecule has 1 amide bonds. The molecule has 6 heteroatoms. The van der Waals surface area contributed by atoms with Crippen LogP contribution >= 0.6 is 0 Å². The number of carbonyl (C=O) groups excluding carboxylic acids is 1. The van der Waals surface area contributed by atoms with E-state index in [0.29, 0.717) is 24.5 Å². The third kappa shape index (κ3) is 4.16. The number of nitrogens with zero attached hydrogens (tertiary/aromatic N) is 4. The van der Waals surface area contributed by atoms with Gasteiger partial charge in [0.05, 0.1) is 0 Å². The van der Waals surface area contributed by atoms with Gasteiger partial charge in [-0.1, -0.05) is 24.8 Å². The zero-order valence-corrected chi connectivity index (χ0v) is 14.6. The highest BCUT2D eigenvalue weighted by atomic mass is 16.5. The van der Waals surface area contributed by atoms with Crippen molar-refractivity contribution >= 4 is 5.91 Å². The summed E-state index contributed by atoms with van der Waals surface area (Å²) in [6.07, 6.45) is 8.44. The highest BCUT2D eigenvalue weighted by molar-refractivity contribution is 5.94. The summed E-state index contributed by atoms with van der Waals surface area (Å²) in [4.78, 5) is 22.7. The molecule has 0 spiro atoms. The van der Waals surface area contributed by atoms with Gasteiger partial charge in [-0.15, -0.1) is 0 Å². The predicted molar refractivity (Wildman–Crippen MR) is 99.3 cm³/mol. The number of benzene rings is 1. The fourth-order valence-electron chi connectivity index (χ4n) is 2.50. The van der Waals surface area contributed by atoms with Crippen molar-refractivity contribution in [2.24, 2.45) is 0 Å². The van der Waals surface area contributed by atoms with Crippen LogP contribution in [0.2, 0.25) is 0 Å². The summed E-state index contributed by atoms with van der Waals surface area (Å²) in [5.41, 5.74) is 1.60. The molecular weight excluding hydrogens is 328 g/mol. The average Bonchev–Trinajstić information content (AvgIpc) is 3.22. The molecular formula is C20H20N4O2. The molecule has 132 valence electrons. The van der Waals surface area contributed by atoms with Crippen molar-refractivity contribution in [1.82, 2.24) is 19.4 Å². The molecule has 3 aromatic rings. The summed E-state index contributed by atoms with van der Waals surface area (Å²) < 4.78 is 7.23. The summed E-state index contributed by atoms with van der Waals surface area (Å²) in [7, 11) is 1.78. The number of carbonyl (C=O) groups is 1. The van der Waals surface area contributed by atoms with Gasteiger partial charge in [0.1, 0.15) is 24.5 Å². The Morgan fingerprint density at radius 2 is 2.08 bits per heavy atom. The van der Waals surface area contributed by atoms with Crippen molar-refractivity contribution in [2.75, 3.05) is 13.7 Å². The first-order chi connectivity index (χ1) is 12.7. The molecule has 0 radical (unpaired) electrons. The average molecular weight is 348 g/mol. The molecule has 0 bridgehead atoms. The Kier molecular flexibility index (Phi) is 5.43. The molecule has 0 saturated heterocycles. The maximum Gasteiger partial charge on any atom is 0.254 e. The fourth-order valence-corrected chi connectivity index (χ4v) is 2.50. The molecule has 0 aliphatic rings. The van der Waals surface area contributed by atoms with E-state index in [0.717, 1.165) is 11.3 Å². The maximum atomic E-state index is 12.7. The Morgan fingerprint density at radius 1 is 1.27 bits per heavy atom. The minimum Gasteiger partial charge on any atom is -0.490 e. The van der Waals surface area contributed by atoms with Gasteiger partial charge in [0, 0.05) is 37.7 Å². The molecule has 0 unspecified atom stereocenters. The van der Waals surface area contributed by atoms with Gasteiger partial charge >= 0.3 is 0 Å². The van der Waals surface area contributed by atoms with Gasteiger partial charge in [0.15, 0.2) is 0 Å². The lowest BCUT2D eigenvalue weighted by Crippen LogP contribution is -2.26. The van der Waals surface area contributed by atoms with E-state index in [1.165, 1.54) is 0 Å². The van der Waals surface area contributed by atoms with Crippen molar-refractivity contribution in [2.45, 2.75) is 6.54 Å². The van der Waals surface area contributed by atoms with Crippen LogP contribution in [0.25, 0.3) is 5.82 Å². The largest absolute Gasteiger partial charge is 0.490 e. The van der Waals surface area contributed by atoms with Crippen LogP contribution in [0.3, 0.4) is 0 Å². The highest BCUT2D eigenvalue weighted by Gasteiger charge is 2.13. The van der Waals surface area contributed by atoms with E-state index in [2.05, 4.69) is 16.5 Å². The van der Waals surface area contributed by atoms with Crippen LogP contribution in [-0.4, -0.2) is 39.0 Å². The van der Waals surface area contributed by atoms with Crippen LogP contribution in [0, 0.1) is 0 Å². The Hall–Kier alpha value is -3.41. The summed E-state index contributed by atoms with van der Waals surface area (Å²) in [6, 6.07) is 11.1. The van der Waals surface area contributed by atoms with Gasteiger partial charge in [-0.2, -0.15) is 0 Å². The molecule has 0 aliphatic heterocycles. The molecule has 3 rings (SSSR count). The number of pyridine rings is 1. The zero-order chi connectivity index (χ0) is 18.4. The SMILES string of the molecule is C=CCOc1ccc(CN(C)C(=O)c2ccnc(-n3ccnc3)c2)cc1. The van der Waals surface area contributed by atoms with Gasteiger partial charge < -0.3 is 9.64 Å². The topological polar surface area (TPSA) is 60.2 Å². The minimum atomic E-state index is -0.0688. The number of aromatic nitrogens is 3. The van der Waals surface area contributed by atoms with E-state index < -0.39 is 0 Å². The third-order valence-electron chi connectivity index (χ3n) is 3.82. The summed E-state index contributed by atoms with van der Waals surface area (Å²) >= 11 is 0. The van der Waals surface area contributed by atoms with Crippen molar-refractivity contribution in [3.05, 3.63) is 85.1 Å². The lowest BCUT2D eigenvalue weighted by molar-refractivity contribution is 0.0785. The lowest BCUT2D eigenvalue weighted by atomic mass is 10.2. The molecule has 0 aliphatic carbocycles. The van der Waals surface area contributed by atoms with Gasteiger partial charge in [0.2, 0.25) is 0 Å². The van der Waals surface area contributed by atoms with E-state index in [1.54, 1.807) is 59.6 Å². The van der Waals surface area contributed by atoms with Crippen LogP contribution < -0.4 is 4.74 Å². The molecule has 2 heterocycles. The summed E-state index contributed by atoms with van der Waals surface area (Å²) in [5.74, 6) is 1.37. The van der Waals surface area contributed by atoms with Crippen LogP contribution in [0.15, 0.2) is 74.0 Å². The number of imidazole rings is 1. The van der Waals surface area contributed by atoms with E-state index >= 15 is 0 Å². The highest BCUT2D eigenvalue weighted by Crippen LogP contribution is 2.15. The number of rotatable bonds is 7. The lowest BCUT2D eigenvalue weighted by Gasteiger charge is -2.18. The quantitative estimate of drug-likeness (QED) is 0.616. The van der Waals surface area contributed by atoms with Crippen molar-refractivity contribution < 1.29 is 9.53 Å². The van der Waals surface area contributed by atoms with Gasteiger partial charge in [-0.3, -0.25) is 9.36 Å². The van der Waals surface area contributed by atoms with Gasteiger partial charge in [-0.05, 0) is 29.8 Å². The van der Waals surface area contributed by atoms with Crippen LogP contribution in [0.1, 0.15) is 15.9 Å². The number of hydrogen-bond acceptors (Lipinski definition) is 4. The monoisotopic (exact) mass is 348 g/mol. The van der Waals surface area contributed by atoms with Crippen LogP contribution in [0.4, 0.5) is 0 Å². The second-order valence-electron chi connectivity index (χ2n) is 5.78. The molecule has 1 aromatic carbocycles. The predicted octanol–water partition coefficient (Wildman–Crippen LogP) is 3.10. The standard InChI is InChI=1S/C20H20N4O2/c1-3-12-26-18-6-4-16(5-7-18)14-23(2)20(25)17-8-9-22-19(13-17)24-11-10-21-15-24/h3-11,13,15H,1,12,14H2,2H3. The summed E-state index contributed by atoms with van der Waals surface area (Å²) in [6.45, 7) is 4.60. The second-order valence-corrected chi connectivity index (χ2v) is 5.78. The smallest absolute Gasteiger partial charge is 0.254 e. The second kappa shape index (κ2) is 8.11. The van der Waals surface area contributed by atoms with Crippen molar-refractivity contribution in [3.63, 3.8) is 0 Å². The Morgan fingerprint density at radius 3 is 2.77 bits per heavy atom. The summed E-state index contributed by atoms with van der Waals surface area (Å²) in [5, 5.41) is 0. The van der Waals surface area contributed by atoms with Crippen LogP contribution in [0.5, 0.6) is 5.75 Å². The fraction of sp³-hybridized carbons (Fsp3) is 0.150. The first-order valence-corrected chi connectivity index (χ1v) is 8.20. The van der Waals surface area contributed by atoms with E-state index in [4.69, 9.17) is 4.74 Å². The minimum absolute atomic E-state index is 0.0688. The molecule has 0 atom stereocenters. The number of amides is 1. The Labute approximate surface area is 152 Å². The number of ether oxygens (including phenoxy) is 1. The van der Waals surface area contributed by atoms with E-state index in [1.807, 2.05) is 24.3 Å². The molecule has 0 N–H and O–H groups in total. The third-order valence-corrected chi connectivity index (χ3v) is 3.82. The normalized spacial score (nSPS) is 10.3. The molecule has 2 aromatic heterocycles. The molecule has 0 saturated carbocycles.